The first kappa shape index (κ1) is 23.9. The lowest BCUT2D eigenvalue weighted by atomic mass is 9.95. The number of methoxy groups -OCH3 is 1. The predicted octanol–water partition coefficient (Wildman–Crippen LogP) is 4.05. The summed E-state index contributed by atoms with van der Waals surface area (Å²) in [4.78, 5) is 12.5. The molecule has 0 saturated carbocycles. The van der Waals surface area contributed by atoms with E-state index in [9.17, 15) is 22.8 Å². The molecule has 1 amide bonds. The van der Waals surface area contributed by atoms with Gasteiger partial charge in [0.15, 0.2) is 11.6 Å². The highest BCUT2D eigenvalue weighted by Crippen LogP contribution is 2.42. The second kappa shape index (κ2) is 9.78. The summed E-state index contributed by atoms with van der Waals surface area (Å²) in [6.45, 7) is 0. The average Bonchev–Trinajstić information content (AvgIpc) is 3.16. The van der Waals surface area contributed by atoms with Crippen LogP contribution in [0.3, 0.4) is 0 Å². The van der Waals surface area contributed by atoms with E-state index in [1.807, 2.05) is 0 Å². The summed E-state index contributed by atoms with van der Waals surface area (Å²) in [5.74, 6) is -0.878. The number of ether oxygens (including phenoxy) is 1. The van der Waals surface area contributed by atoms with Crippen molar-refractivity contribution in [2.75, 3.05) is 14.2 Å². The standard InChI is InChI=1S/C22H23FN2O5S2/c1-25(27)21(26)9-5-7-19-22(14-10-11-18(30-2)17(23)12-14)16(13-31-19)15-6-3-4-8-20(15)32(24,28)29/h3-4,6,8,10-13,27H,5,7,9H2,1-2H3,(H2,24,28,29). The number of rotatable bonds is 8. The van der Waals surface area contributed by atoms with Gasteiger partial charge in [-0.05, 0) is 42.0 Å². The van der Waals surface area contributed by atoms with Gasteiger partial charge in [0.1, 0.15) is 0 Å². The van der Waals surface area contributed by atoms with Gasteiger partial charge in [0.2, 0.25) is 15.9 Å². The van der Waals surface area contributed by atoms with E-state index in [0.717, 1.165) is 4.88 Å². The number of primary sulfonamides is 1. The number of carbonyl (C=O) groups is 1. The highest BCUT2D eigenvalue weighted by Gasteiger charge is 2.22. The van der Waals surface area contributed by atoms with Crippen molar-refractivity contribution >= 4 is 27.3 Å². The number of thiophene rings is 1. The number of carbonyl (C=O) groups excluding carboxylic acids is 1. The van der Waals surface area contributed by atoms with E-state index in [1.165, 1.54) is 43.7 Å². The maximum atomic E-state index is 14.5. The number of hydrogen-bond donors (Lipinski definition) is 2. The molecule has 3 aromatic rings. The molecule has 10 heteroatoms. The Morgan fingerprint density at radius 1 is 1.22 bits per heavy atom. The van der Waals surface area contributed by atoms with E-state index in [0.29, 0.717) is 40.2 Å². The van der Waals surface area contributed by atoms with Crippen molar-refractivity contribution in [3.63, 3.8) is 0 Å². The summed E-state index contributed by atoms with van der Waals surface area (Å²) in [6.07, 6.45) is 1.06. The number of hydroxylamine groups is 2. The number of hydrogen-bond acceptors (Lipinski definition) is 6. The Bertz CT molecular complexity index is 1240. The van der Waals surface area contributed by atoms with Gasteiger partial charge in [0, 0.05) is 35.0 Å². The minimum absolute atomic E-state index is 0.0309. The summed E-state index contributed by atoms with van der Waals surface area (Å²) in [7, 11) is -1.36. The molecule has 3 N–H and O–H groups in total. The van der Waals surface area contributed by atoms with Crippen LogP contribution in [-0.4, -0.2) is 38.8 Å². The Morgan fingerprint density at radius 2 is 1.94 bits per heavy atom. The van der Waals surface area contributed by atoms with Gasteiger partial charge in [-0.15, -0.1) is 11.3 Å². The van der Waals surface area contributed by atoms with Crippen molar-refractivity contribution in [1.29, 1.82) is 0 Å². The van der Waals surface area contributed by atoms with Gasteiger partial charge in [-0.3, -0.25) is 10.0 Å². The van der Waals surface area contributed by atoms with E-state index in [4.69, 9.17) is 9.88 Å². The average molecular weight is 479 g/mol. The Labute approximate surface area is 189 Å². The number of benzene rings is 2. The van der Waals surface area contributed by atoms with Crippen LogP contribution in [0.25, 0.3) is 22.3 Å². The summed E-state index contributed by atoms with van der Waals surface area (Å²) in [6, 6.07) is 10.9. The van der Waals surface area contributed by atoms with Crippen molar-refractivity contribution in [2.45, 2.75) is 24.2 Å². The van der Waals surface area contributed by atoms with Crippen LogP contribution in [0.15, 0.2) is 52.7 Å². The molecular weight excluding hydrogens is 455 g/mol. The van der Waals surface area contributed by atoms with Crippen LogP contribution in [0.1, 0.15) is 17.7 Å². The molecule has 0 atom stereocenters. The van der Waals surface area contributed by atoms with Gasteiger partial charge in [-0.25, -0.2) is 23.0 Å². The Hall–Kier alpha value is -2.79. The molecule has 3 rings (SSSR count). The zero-order valence-electron chi connectivity index (χ0n) is 17.5. The lowest BCUT2D eigenvalue weighted by Crippen LogP contribution is -2.22. The Kier molecular flexibility index (Phi) is 7.29. The molecule has 2 aromatic carbocycles. The van der Waals surface area contributed by atoms with Gasteiger partial charge in [-0.2, -0.15) is 0 Å². The largest absolute Gasteiger partial charge is 0.494 e. The molecule has 7 nitrogen and oxygen atoms in total. The fourth-order valence-corrected chi connectivity index (χ4v) is 5.28. The highest BCUT2D eigenvalue weighted by atomic mass is 32.2. The van der Waals surface area contributed by atoms with Gasteiger partial charge < -0.3 is 4.74 Å². The minimum atomic E-state index is -4.00. The maximum absolute atomic E-state index is 14.5. The number of nitrogens with zero attached hydrogens (tertiary/aromatic N) is 1. The summed E-state index contributed by atoms with van der Waals surface area (Å²) < 4.78 is 43.9. The molecular formula is C22H23FN2O5S2. The molecule has 0 spiro atoms. The van der Waals surface area contributed by atoms with Crippen LogP contribution in [0.5, 0.6) is 5.75 Å². The zero-order valence-corrected chi connectivity index (χ0v) is 19.2. The lowest BCUT2D eigenvalue weighted by Gasteiger charge is -2.13. The molecule has 1 aromatic heterocycles. The van der Waals surface area contributed by atoms with Crippen LogP contribution < -0.4 is 9.88 Å². The van der Waals surface area contributed by atoms with Crippen molar-refractivity contribution in [3.05, 3.63) is 58.5 Å². The second-order valence-corrected chi connectivity index (χ2v) is 9.60. The van der Waals surface area contributed by atoms with E-state index >= 15 is 0 Å². The SMILES string of the molecule is COc1ccc(-c2c(-c3ccccc3S(N)(=O)=O)csc2CCCC(=O)N(C)O)cc1F. The fourth-order valence-electron chi connectivity index (χ4n) is 3.42. The lowest BCUT2D eigenvalue weighted by molar-refractivity contribution is -0.159. The van der Waals surface area contributed by atoms with Gasteiger partial charge in [0.25, 0.3) is 0 Å². The Morgan fingerprint density at radius 3 is 2.56 bits per heavy atom. The predicted molar refractivity (Wildman–Crippen MR) is 121 cm³/mol. The topological polar surface area (TPSA) is 110 Å². The number of aryl methyl sites for hydroxylation is 1. The molecule has 0 aliphatic rings. The zero-order chi connectivity index (χ0) is 23.5. The van der Waals surface area contributed by atoms with E-state index in [2.05, 4.69) is 0 Å². The summed E-state index contributed by atoms with van der Waals surface area (Å²) in [5, 5.41) is 17.0. The number of sulfonamides is 1. The van der Waals surface area contributed by atoms with E-state index in [-0.39, 0.29) is 17.1 Å². The first-order valence-corrected chi connectivity index (χ1v) is 12.1. The van der Waals surface area contributed by atoms with E-state index < -0.39 is 21.7 Å². The maximum Gasteiger partial charge on any atom is 0.245 e. The molecule has 0 aliphatic carbocycles. The fraction of sp³-hybridized carbons (Fsp3) is 0.227. The van der Waals surface area contributed by atoms with Crippen LogP contribution in [0.4, 0.5) is 4.39 Å². The van der Waals surface area contributed by atoms with Crippen molar-refractivity contribution in [3.8, 4) is 28.0 Å². The first-order valence-electron chi connectivity index (χ1n) is 9.65. The minimum Gasteiger partial charge on any atom is -0.494 e. The van der Waals surface area contributed by atoms with Gasteiger partial charge in [-0.1, -0.05) is 24.3 Å². The quantitative estimate of drug-likeness (QED) is 0.375. The third kappa shape index (κ3) is 5.16. The third-order valence-electron chi connectivity index (χ3n) is 4.95. The van der Waals surface area contributed by atoms with E-state index in [1.54, 1.807) is 29.6 Å². The van der Waals surface area contributed by atoms with Gasteiger partial charge >= 0.3 is 0 Å². The summed E-state index contributed by atoms with van der Waals surface area (Å²) in [5.41, 5.74) is 2.22. The molecule has 32 heavy (non-hydrogen) atoms. The molecule has 0 saturated heterocycles. The summed E-state index contributed by atoms with van der Waals surface area (Å²) >= 11 is 1.38. The van der Waals surface area contributed by atoms with Crippen LogP contribution in [0.2, 0.25) is 0 Å². The molecule has 0 bridgehead atoms. The van der Waals surface area contributed by atoms with Crippen molar-refractivity contribution in [2.24, 2.45) is 5.14 Å². The molecule has 0 radical (unpaired) electrons. The monoisotopic (exact) mass is 478 g/mol. The molecule has 0 fully saturated rings. The smallest absolute Gasteiger partial charge is 0.245 e. The number of nitrogens with two attached hydrogens (primary N) is 1. The molecule has 0 unspecified atom stereocenters. The highest BCUT2D eigenvalue weighted by molar-refractivity contribution is 7.89. The van der Waals surface area contributed by atoms with Gasteiger partial charge in [0.05, 0.1) is 12.0 Å². The normalized spacial score (nSPS) is 11.4. The second-order valence-electron chi connectivity index (χ2n) is 7.11. The van der Waals surface area contributed by atoms with Crippen molar-refractivity contribution in [1.82, 2.24) is 5.06 Å². The molecule has 170 valence electrons. The number of amides is 1. The third-order valence-corrected chi connectivity index (χ3v) is 6.96. The Balaban J connectivity index is 2.13. The van der Waals surface area contributed by atoms with Crippen molar-refractivity contribution < 1.29 is 27.5 Å². The van der Waals surface area contributed by atoms with Crippen LogP contribution >= 0.6 is 11.3 Å². The molecule has 1 heterocycles. The number of halogens is 1. The first-order chi connectivity index (χ1) is 15.1. The van der Waals surface area contributed by atoms with Crippen LogP contribution in [0, 0.1) is 5.82 Å². The van der Waals surface area contributed by atoms with Crippen LogP contribution in [-0.2, 0) is 21.2 Å². The molecule has 0 aliphatic heterocycles.